The Balaban J connectivity index is 2.25. The van der Waals surface area contributed by atoms with Gasteiger partial charge in [0.15, 0.2) is 0 Å². The van der Waals surface area contributed by atoms with Crippen LogP contribution in [0.5, 0.6) is 0 Å². The fourth-order valence-corrected chi connectivity index (χ4v) is 2.51. The molecule has 5 heteroatoms. The van der Waals surface area contributed by atoms with Gasteiger partial charge in [0, 0.05) is 17.4 Å². The highest BCUT2D eigenvalue weighted by Gasteiger charge is 2.16. The predicted molar refractivity (Wildman–Crippen MR) is 75.4 cm³/mol. The van der Waals surface area contributed by atoms with Crippen molar-refractivity contribution in [2.45, 2.75) is 32.9 Å². The number of aliphatic hydroxyl groups is 1. The second kappa shape index (κ2) is 5.84. The Morgan fingerprint density at radius 1 is 1.42 bits per heavy atom. The fourth-order valence-electron chi connectivity index (χ4n) is 2.10. The molecule has 3 nitrogen and oxygen atoms in total. The number of halogens is 2. The first-order chi connectivity index (χ1) is 9.01. The van der Waals surface area contributed by atoms with Gasteiger partial charge >= 0.3 is 0 Å². The van der Waals surface area contributed by atoms with E-state index in [0.717, 1.165) is 15.9 Å². The van der Waals surface area contributed by atoms with E-state index in [1.54, 1.807) is 16.8 Å². The average molecular weight is 327 g/mol. The summed E-state index contributed by atoms with van der Waals surface area (Å²) in [6.07, 6.45) is -0.527. The molecule has 0 radical (unpaired) electrons. The molecule has 1 N–H and O–H groups in total. The van der Waals surface area contributed by atoms with Crippen LogP contribution in [0.15, 0.2) is 28.7 Å². The molecule has 2 rings (SSSR count). The minimum Gasteiger partial charge on any atom is -0.386 e. The summed E-state index contributed by atoms with van der Waals surface area (Å²) in [5.74, 6) is -0.304. The third-order valence-corrected chi connectivity index (χ3v) is 3.49. The summed E-state index contributed by atoms with van der Waals surface area (Å²) in [5.41, 5.74) is 2.06. The molecular formula is C14H16BrFN2O. The predicted octanol–water partition coefficient (Wildman–Crippen LogP) is 3.39. The van der Waals surface area contributed by atoms with Crippen molar-refractivity contribution in [3.63, 3.8) is 0 Å². The van der Waals surface area contributed by atoms with Gasteiger partial charge in [-0.15, -0.1) is 0 Å². The van der Waals surface area contributed by atoms with Crippen LogP contribution in [0.25, 0.3) is 0 Å². The van der Waals surface area contributed by atoms with Crippen LogP contribution in [-0.4, -0.2) is 14.9 Å². The van der Waals surface area contributed by atoms with Crippen LogP contribution in [-0.2, 0) is 13.0 Å². The molecule has 0 spiro atoms. The molecule has 0 aliphatic heterocycles. The quantitative estimate of drug-likeness (QED) is 0.935. The summed E-state index contributed by atoms with van der Waals surface area (Å²) in [6, 6.07) is 6.57. The van der Waals surface area contributed by atoms with Crippen LogP contribution in [0, 0.1) is 12.7 Å². The minimum absolute atomic E-state index is 0.233. The van der Waals surface area contributed by atoms with Gasteiger partial charge in [-0.3, -0.25) is 4.68 Å². The Bertz CT molecular complexity index is 583. The SMILES string of the molecule is CCn1nc(C)cc1C(O)Cc1cc(Br)ccc1F. The summed E-state index contributed by atoms with van der Waals surface area (Å²) in [5, 5.41) is 14.6. The van der Waals surface area contributed by atoms with E-state index in [1.807, 2.05) is 19.9 Å². The standard InChI is InChI=1S/C14H16BrFN2O/c1-3-18-13(6-9(2)17-18)14(19)8-10-7-11(15)4-5-12(10)16/h4-7,14,19H,3,8H2,1-2H3. The van der Waals surface area contributed by atoms with Gasteiger partial charge in [0.05, 0.1) is 17.5 Å². The Morgan fingerprint density at radius 2 is 2.16 bits per heavy atom. The lowest BCUT2D eigenvalue weighted by Crippen LogP contribution is -2.10. The number of hydrogen-bond acceptors (Lipinski definition) is 2. The molecule has 19 heavy (non-hydrogen) atoms. The lowest BCUT2D eigenvalue weighted by atomic mass is 10.0. The highest BCUT2D eigenvalue weighted by molar-refractivity contribution is 9.10. The van der Waals surface area contributed by atoms with Gasteiger partial charge in [0.2, 0.25) is 0 Å². The van der Waals surface area contributed by atoms with E-state index in [1.165, 1.54) is 6.07 Å². The molecule has 0 aliphatic carbocycles. The molecule has 1 heterocycles. The molecule has 0 aliphatic rings. The van der Waals surface area contributed by atoms with Crippen LogP contribution < -0.4 is 0 Å². The normalized spacial score (nSPS) is 12.7. The van der Waals surface area contributed by atoms with E-state index in [2.05, 4.69) is 21.0 Å². The second-order valence-corrected chi connectivity index (χ2v) is 5.40. The van der Waals surface area contributed by atoms with Gasteiger partial charge in [-0.1, -0.05) is 15.9 Å². The summed E-state index contributed by atoms with van der Waals surface area (Å²) >= 11 is 3.31. The van der Waals surface area contributed by atoms with Crippen LogP contribution in [0.3, 0.4) is 0 Å². The van der Waals surface area contributed by atoms with Crippen molar-refractivity contribution in [3.05, 3.63) is 51.5 Å². The number of aromatic nitrogens is 2. The smallest absolute Gasteiger partial charge is 0.126 e. The number of benzene rings is 1. The van der Waals surface area contributed by atoms with Crippen molar-refractivity contribution < 1.29 is 9.50 Å². The van der Waals surface area contributed by atoms with Crippen molar-refractivity contribution >= 4 is 15.9 Å². The van der Waals surface area contributed by atoms with Gasteiger partial charge in [-0.05, 0) is 43.7 Å². The zero-order chi connectivity index (χ0) is 14.0. The second-order valence-electron chi connectivity index (χ2n) is 4.48. The molecule has 2 aromatic rings. The minimum atomic E-state index is -0.759. The average Bonchev–Trinajstić information content (AvgIpc) is 2.75. The lowest BCUT2D eigenvalue weighted by Gasteiger charge is -2.13. The van der Waals surface area contributed by atoms with Crippen molar-refractivity contribution in [2.75, 3.05) is 0 Å². The van der Waals surface area contributed by atoms with Gasteiger partial charge in [0.25, 0.3) is 0 Å². The van der Waals surface area contributed by atoms with Crippen LogP contribution >= 0.6 is 15.9 Å². The molecule has 1 aromatic carbocycles. The van der Waals surface area contributed by atoms with E-state index < -0.39 is 6.10 Å². The molecule has 102 valence electrons. The van der Waals surface area contributed by atoms with E-state index in [9.17, 15) is 9.50 Å². The molecule has 0 amide bonds. The van der Waals surface area contributed by atoms with Gasteiger partial charge in [0.1, 0.15) is 5.82 Å². The van der Waals surface area contributed by atoms with E-state index in [4.69, 9.17) is 0 Å². The zero-order valence-electron chi connectivity index (χ0n) is 10.9. The Morgan fingerprint density at radius 3 is 2.84 bits per heavy atom. The Labute approximate surface area is 120 Å². The maximum atomic E-state index is 13.7. The first kappa shape index (κ1) is 14.2. The third kappa shape index (κ3) is 3.22. The molecule has 1 unspecified atom stereocenters. The van der Waals surface area contributed by atoms with Crippen molar-refractivity contribution in [1.29, 1.82) is 0 Å². The maximum absolute atomic E-state index is 13.7. The molecule has 0 bridgehead atoms. The van der Waals surface area contributed by atoms with Gasteiger partial charge in [-0.25, -0.2) is 4.39 Å². The highest BCUT2D eigenvalue weighted by atomic mass is 79.9. The molecule has 0 saturated carbocycles. The van der Waals surface area contributed by atoms with Crippen molar-refractivity contribution in [3.8, 4) is 0 Å². The maximum Gasteiger partial charge on any atom is 0.126 e. The van der Waals surface area contributed by atoms with Crippen LogP contribution in [0.1, 0.15) is 30.0 Å². The first-order valence-electron chi connectivity index (χ1n) is 6.17. The highest BCUT2D eigenvalue weighted by Crippen LogP contribution is 2.23. The van der Waals surface area contributed by atoms with E-state index >= 15 is 0 Å². The number of aliphatic hydroxyl groups excluding tert-OH is 1. The number of nitrogens with zero attached hydrogens (tertiary/aromatic N) is 2. The van der Waals surface area contributed by atoms with E-state index in [0.29, 0.717) is 12.1 Å². The first-order valence-corrected chi connectivity index (χ1v) is 6.97. The van der Waals surface area contributed by atoms with Crippen molar-refractivity contribution in [2.24, 2.45) is 0 Å². The molecular weight excluding hydrogens is 311 g/mol. The third-order valence-electron chi connectivity index (χ3n) is 3.00. The van der Waals surface area contributed by atoms with Crippen molar-refractivity contribution in [1.82, 2.24) is 9.78 Å². The molecule has 0 saturated heterocycles. The summed E-state index contributed by atoms with van der Waals surface area (Å²) < 4.78 is 16.2. The number of rotatable bonds is 4. The number of hydrogen-bond donors (Lipinski definition) is 1. The Kier molecular flexibility index (Phi) is 4.37. The Hall–Kier alpha value is -1.20. The topological polar surface area (TPSA) is 38.0 Å². The van der Waals surface area contributed by atoms with Gasteiger partial charge < -0.3 is 5.11 Å². The monoisotopic (exact) mass is 326 g/mol. The van der Waals surface area contributed by atoms with Crippen LogP contribution in [0.2, 0.25) is 0 Å². The van der Waals surface area contributed by atoms with Crippen LogP contribution in [0.4, 0.5) is 4.39 Å². The lowest BCUT2D eigenvalue weighted by molar-refractivity contribution is 0.166. The molecule has 1 aromatic heterocycles. The zero-order valence-corrected chi connectivity index (χ0v) is 12.5. The fraction of sp³-hybridized carbons (Fsp3) is 0.357. The summed E-state index contributed by atoms with van der Waals surface area (Å²) in [7, 11) is 0. The number of aryl methyl sites for hydroxylation is 2. The largest absolute Gasteiger partial charge is 0.386 e. The molecule has 1 atom stereocenters. The van der Waals surface area contributed by atoms with Gasteiger partial charge in [-0.2, -0.15) is 5.10 Å². The summed E-state index contributed by atoms with van der Waals surface area (Å²) in [4.78, 5) is 0. The molecule has 0 fully saturated rings. The summed E-state index contributed by atoms with van der Waals surface area (Å²) in [6.45, 7) is 4.52. The van der Waals surface area contributed by atoms with E-state index in [-0.39, 0.29) is 12.2 Å².